The van der Waals surface area contributed by atoms with E-state index in [1.165, 1.54) is 5.57 Å². The zero-order valence-corrected chi connectivity index (χ0v) is 13.2. The van der Waals surface area contributed by atoms with Gasteiger partial charge >= 0.3 is 10.0 Å². The van der Waals surface area contributed by atoms with E-state index < -0.39 is 0 Å². The molecule has 3 nitrogen and oxygen atoms in total. The molecule has 0 saturated carbocycles. The van der Waals surface area contributed by atoms with E-state index >= 15 is 0 Å². The lowest BCUT2D eigenvalue weighted by Crippen LogP contribution is -2.18. The highest BCUT2D eigenvalue weighted by Gasteiger charge is 2.25. The Morgan fingerprint density at radius 3 is 3.12 bits per heavy atom. The van der Waals surface area contributed by atoms with Gasteiger partial charge in [-0.25, -0.2) is 4.79 Å². The maximum absolute atomic E-state index is 11.4. The number of hydrogen-bond acceptors (Lipinski definition) is 4. The largest absolute Gasteiger partial charge is 0.548 e. The number of rotatable bonds is 4. The van der Waals surface area contributed by atoms with Crippen LogP contribution in [0.3, 0.4) is 0 Å². The summed E-state index contributed by atoms with van der Waals surface area (Å²) in [7, 11) is 0. The van der Waals surface area contributed by atoms with Crippen molar-refractivity contribution in [3.05, 3.63) is 23.5 Å². The van der Waals surface area contributed by atoms with Crippen molar-refractivity contribution in [1.82, 2.24) is 0 Å². The number of halogens is 1. The van der Waals surface area contributed by atoms with Gasteiger partial charge in [-0.3, -0.25) is 0 Å². The molecular weight excluding hydrogens is 350 g/mol. The van der Waals surface area contributed by atoms with Crippen LogP contribution in [0.4, 0.5) is 0 Å². The normalized spacial score (nSPS) is 20.7. The fraction of sp³-hybridized carbons (Fsp3) is 0.545. The molecular formula is C11H16BIO3S. The van der Waals surface area contributed by atoms with Crippen LogP contribution in [0.5, 0.6) is 0 Å². The Labute approximate surface area is 120 Å². The van der Waals surface area contributed by atoms with Crippen molar-refractivity contribution in [2.45, 2.75) is 32.4 Å². The molecule has 0 amide bonds. The molecule has 0 saturated heterocycles. The minimum atomic E-state index is -0.225. The lowest BCUT2D eigenvalue weighted by Gasteiger charge is -2.22. The molecule has 1 unspecified atom stereocenters. The number of carbonyl (C=O) groups is 1. The van der Waals surface area contributed by atoms with E-state index in [0.717, 1.165) is 6.42 Å². The maximum atomic E-state index is 11.4. The molecule has 94 valence electrons. The third-order valence-corrected chi connectivity index (χ3v) is 4.77. The zero-order valence-electron chi connectivity index (χ0n) is 10.2. The predicted molar refractivity (Wildman–Crippen MR) is 81.0 cm³/mol. The van der Waals surface area contributed by atoms with Crippen molar-refractivity contribution >= 4 is 44.0 Å². The predicted octanol–water partition coefficient (Wildman–Crippen LogP) is 3.34. The maximum Gasteiger partial charge on any atom is 0.500 e. The topological polar surface area (TPSA) is 35.5 Å². The number of ether oxygens (including phenoxy) is 1. The van der Waals surface area contributed by atoms with E-state index in [-0.39, 0.29) is 10.0 Å². The van der Waals surface area contributed by atoms with E-state index in [0.29, 0.717) is 17.4 Å². The Morgan fingerprint density at radius 1 is 1.76 bits per heavy atom. The highest BCUT2D eigenvalue weighted by atomic mass is 127. The Balaban J connectivity index is 2.54. The summed E-state index contributed by atoms with van der Waals surface area (Å²) in [5.41, 5.74) is 1.88. The van der Waals surface area contributed by atoms with Gasteiger partial charge in [0.2, 0.25) is 0 Å². The molecule has 1 aliphatic heterocycles. The molecule has 0 bridgehead atoms. The van der Waals surface area contributed by atoms with E-state index in [4.69, 9.17) is 9.39 Å². The van der Waals surface area contributed by atoms with Gasteiger partial charge in [0.1, 0.15) is 0 Å². The first-order valence-electron chi connectivity index (χ1n) is 5.50. The highest BCUT2D eigenvalue weighted by Crippen LogP contribution is 2.33. The van der Waals surface area contributed by atoms with Crippen LogP contribution in [-0.4, -0.2) is 21.9 Å². The van der Waals surface area contributed by atoms with Crippen molar-refractivity contribution in [2.24, 2.45) is 0 Å². The van der Waals surface area contributed by atoms with Gasteiger partial charge in [0.15, 0.2) is 0 Å². The van der Waals surface area contributed by atoms with Crippen LogP contribution < -0.4 is 0 Å². The summed E-state index contributed by atoms with van der Waals surface area (Å²) in [6, 6.07) is 0. The highest BCUT2D eigenvalue weighted by molar-refractivity contribution is 14.1. The molecule has 17 heavy (non-hydrogen) atoms. The summed E-state index contributed by atoms with van der Waals surface area (Å²) in [5, 5.41) is 0.384. The molecule has 0 aromatic rings. The van der Waals surface area contributed by atoms with Crippen molar-refractivity contribution in [3.63, 3.8) is 0 Å². The second kappa shape index (κ2) is 7.36. The molecule has 1 aliphatic rings. The standard InChI is InChI=1S/C11H16BIO3S/c1-4-15-11(14)8(2)5-6-10-9(3)7-16-12(13)17-10/h5,7,10H,4,6H2,1-3H3/b8-5+. The second-order valence-corrected chi connectivity index (χ2v) is 6.99. The molecule has 0 N–H and O–H groups in total. The van der Waals surface area contributed by atoms with Crippen LogP contribution in [0.1, 0.15) is 27.2 Å². The van der Waals surface area contributed by atoms with Gasteiger partial charge in [-0.05, 0) is 32.8 Å². The first-order valence-corrected chi connectivity index (χ1v) is 7.69. The van der Waals surface area contributed by atoms with Crippen LogP contribution in [0.2, 0.25) is 0 Å². The smallest absolute Gasteiger partial charge is 0.500 e. The van der Waals surface area contributed by atoms with E-state index in [1.54, 1.807) is 18.5 Å². The fourth-order valence-corrected chi connectivity index (χ4v) is 3.42. The summed E-state index contributed by atoms with van der Waals surface area (Å²) < 4.78 is 10.5. The minimum Gasteiger partial charge on any atom is -0.548 e. The zero-order chi connectivity index (χ0) is 12.8. The van der Waals surface area contributed by atoms with Crippen molar-refractivity contribution in [3.8, 4) is 0 Å². The minimum absolute atomic E-state index is 0.151. The van der Waals surface area contributed by atoms with Gasteiger partial charge < -0.3 is 9.39 Å². The Bertz CT molecular complexity index is 344. The van der Waals surface area contributed by atoms with E-state index in [9.17, 15) is 4.79 Å². The number of hydrogen-bond donors (Lipinski definition) is 0. The van der Waals surface area contributed by atoms with Crippen LogP contribution >= 0.6 is 34.0 Å². The van der Waals surface area contributed by atoms with Gasteiger partial charge in [0.05, 0.1) is 12.9 Å². The quantitative estimate of drug-likeness (QED) is 0.331. The fourth-order valence-electron chi connectivity index (χ4n) is 1.36. The molecule has 6 heteroatoms. The molecule has 0 fully saturated rings. The molecule has 0 spiro atoms. The van der Waals surface area contributed by atoms with E-state index in [1.807, 2.05) is 26.2 Å². The summed E-state index contributed by atoms with van der Waals surface area (Å²) in [6.07, 6.45) is 4.59. The van der Waals surface area contributed by atoms with Gasteiger partial charge in [-0.2, -0.15) is 0 Å². The third-order valence-electron chi connectivity index (χ3n) is 2.38. The Kier molecular flexibility index (Phi) is 6.47. The summed E-state index contributed by atoms with van der Waals surface area (Å²) in [6.45, 7) is 6.08. The van der Waals surface area contributed by atoms with Gasteiger partial charge in [-0.1, -0.05) is 28.5 Å². The van der Waals surface area contributed by atoms with Gasteiger partial charge in [0.25, 0.3) is 0 Å². The van der Waals surface area contributed by atoms with Crippen molar-refractivity contribution < 1.29 is 14.2 Å². The molecule has 1 atom stereocenters. The molecule has 0 aromatic heterocycles. The molecule has 0 aromatic carbocycles. The average Bonchev–Trinajstić information content (AvgIpc) is 2.30. The van der Waals surface area contributed by atoms with Crippen LogP contribution in [0.15, 0.2) is 23.5 Å². The molecule has 1 heterocycles. The Hall–Kier alpha value is -0.105. The monoisotopic (exact) mass is 366 g/mol. The van der Waals surface area contributed by atoms with Crippen LogP contribution in [0, 0.1) is 0 Å². The molecule has 0 aliphatic carbocycles. The van der Waals surface area contributed by atoms with Crippen molar-refractivity contribution in [2.75, 3.05) is 6.61 Å². The summed E-state index contributed by atoms with van der Waals surface area (Å²) in [4.78, 5) is 11.4. The van der Waals surface area contributed by atoms with E-state index in [2.05, 4.69) is 22.4 Å². The number of carbonyl (C=O) groups excluding carboxylic acids is 1. The van der Waals surface area contributed by atoms with Crippen LogP contribution in [0.25, 0.3) is 0 Å². The summed E-state index contributed by atoms with van der Waals surface area (Å²) >= 11 is 4.01. The molecule has 0 radical (unpaired) electrons. The average molecular weight is 366 g/mol. The summed E-state index contributed by atoms with van der Waals surface area (Å²) in [5.74, 6) is -0.225. The molecule has 1 rings (SSSR count). The lowest BCUT2D eigenvalue weighted by atomic mass is 10.1. The van der Waals surface area contributed by atoms with Gasteiger partial charge in [-0.15, -0.1) is 11.6 Å². The van der Waals surface area contributed by atoms with Crippen molar-refractivity contribution in [1.29, 1.82) is 0 Å². The SMILES string of the molecule is CCOC(=O)/C(C)=C/CC1SB(I)OC=C1C. The van der Waals surface area contributed by atoms with Crippen LogP contribution in [-0.2, 0) is 14.2 Å². The Morgan fingerprint density at radius 2 is 2.47 bits per heavy atom. The lowest BCUT2D eigenvalue weighted by molar-refractivity contribution is -0.138. The first kappa shape index (κ1) is 15.0. The number of esters is 1. The first-order chi connectivity index (χ1) is 8.04. The second-order valence-electron chi connectivity index (χ2n) is 3.74. The third kappa shape index (κ3) is 4.95. The van der Waals surface area contributed by atoms with Gasteiger partial charge in [0, 0.05) is 10.8 Å². The number of allylic oxidation sites excluding steroid dienone is 1.